The number of halogens is 6. The number of benzene rings is 6. The quantitative estimate of drug-likeness (QED) is 0.118. The Bertz CT molecular complexity index is 2040. The molecule has 0 aliphatic heterocycles. The highest BCUT2D eigenvalue weighted by Gasteiger charge is 2.32. The molecule has 0 N–H and O–H groups in total. The molecule has 0 spiro atoms. The minimum Gasteiger partial charge on any atom is -0.476 e. The lowest BCUT2D eigenvalue weighted by Crippen LogP contribution is -2.13. The monoisotopic (exact) mass is 680 g/mol. The molecule has 0 saturated heterocycles. The number of rotatable bonds is 8. The van der Waals surface area contributed by atoms with E-state index in [-0.39, 0.29) is 17.6 Å². The molecule has 0 saturated carbocycles. The number of hydrogen-bond donors (Lipinski definition) is 0. The van der Waals surface area contributed by atoms with Gasteiger partial charge in [-0.3, -0.25) is 0 Å². The topological polar surface area (TPSA) is 18.5 Å². The fourth-order valence-corrected chi connectivity index (χ4v) is 6.87. The second kappa shape index (κ2) is 12.8. The van der Waals surface area contributed by atoms with Gasteiger partial charge in [0.25, 0.3) is 0 Å². The van der Waals surface area contributed by atoms with Crippen LogP contribution < -0.4 is 14.4 Å². The Labute approximate surface area is 271 Å². The van der Waals surface area contributed by atoms with Crippen LogP contribution in [0, 0.1) is 0 Å². The molecule has 2 unspecified atom stereocenters. The van der Waals surface area contributed by atoms with Gasteiger partial charge in [-0.2, -0.15) is 26.3 Å². The molecule has 47 heavy (non-hydrogen) atoms. The Morgan fingerprint density at radius 1 is 0.468 bits per heavy atom. The summed E-state index contributed by atoms with van der Waals surface area (Å²) in [7, 11) is -0.428. The highest BCUT2D eigenvalue weighted by atomic mass is 31.1. The van der Waals surface area contributed by atoms with E-state index in [1.165, 1.54) is 24.3 Å². The van der Waals surface area contributed by atoms with Crippen LogP contribution in [0.4, 0.5) is 26.3 Å². The van der Waals surface area contributed by atoms with Crippen molar-refractivity contribution in [1.82, 2.24) is 0 Å². The van der Waals surface area contributed by atoms with Crippen molar-refractivity contribution >= 4 is 44.5 Å². The lowest BCUT2D eigenvalue weighted by molar-refractivity contribution is -0.138. The number of hydrogen-bond acceptors (Lipinski definition) is 2. The standard InChI is InChI=1S/C37H28F6O2P2/c1-35(2,25-13-15-26(16-14-25)36(38,39)40)47-45-32-22-12-24-8-4-6-10-30(24)34(32)33-29-9-5-3-7-23(29)11-21-31(33)44-46-28-19-17-27(18-20-28)37(41,42)43/h3-22,46-47H,1-2H3. The molecule has 0 fully saturated rings. The molecule has 0 amide bonds. The molecule has 2 atom stereocenters. The molecule has 240 valence electrons. The zero-order valence-corrected chi connectivity index (χ0v) is 27.1. The first-order valence-corrected chi connectivity index (χ1v) is 16.4. The van der Waals surface area contributed by atoms with Crippen molar-refractivity contribution in [2.75, 3.05) is 0 Å². The number of alkyl halides is 6. The van der Waals surface area contributed by atoms with Crippen LogP contribution in [-0.2, 0) is 17.5 Å². The highest BCUT2D eigenvalue weighted by Crippen LogP contribution is 2.50. The molecule has 0 aromatic heterocycles. The van der Waals surface area contributed by atoms with Crippen LogP contribution in [0.1, 0.15) is 30.5 Å². The summed E-state index contributed by atoms with van der Waals surface area (Å²) >= 11 is 0. The number of fused-ring (bicyclic) bond motifs is 2. The maximum Gasteiger partial charge on any atom is 0.416 e. The lowest BCUT2D eigenvalue weighted by atomic mass is 9.92. The Morgan fingerprint density at radius 3 is 1.38 bits per heavy atom. The van der Waals surface area contributed by atoms with Crippen molar-refractivity contribution < 1.29 is 35.4 Å². The molecule has 0 heterocycles. The largest absolute Gasteiger partial charge is 0.476 e. The molecule has 6 rings (SSSR count). The van der Waals surface area contributed by atoms with Gasteiger partial charge in [0.2, 0.25) is 0 Å². The van der Waals surface area contributed by atoms with Gasteiger partial charge in [0, 0.05) is 21.6 Å². The molecule has 2 nitrogen and oxygen atoms in total. The third-order valence-electron chi connectivity index (χ3n) is 7.87. The Balaban J connectivity index is 1.41. The van der Waals surface area contributed by atoms with Gasteiger partial charge in [0.05, 0.1) is 19.9 Å². The highest BCUT2D eigenvalue weighted by molar-refractivity contribution is 7.42. The molecule has 0 aliphatic rings. The third-order valence-corrected chi connectivity index (χ3v) is 9.88. The average Bonchev–Trinajstić information content (AvgIpc) is 3.05. The van der Waals surface area contributed by atoms with Gasteiger partial charge < -0.3 is 9.05 Å². The van der Waals surface area contributed by atoms with Gasteiger partial charge in [0.1, 0.15) is 20.3 Å². The van der Waals surface area contributed by atoms with Crippen molar-refractivity contribution in [2.45, 2.75) is 31.4 Å². The van der Waals surface area contributed by atoms with E-state index in [9.17, 15) is 26.3 Å². The second-order valence-electron chi connectivity index (χ2n) is 11.5. The molecule has 0 aliphatic carbocycles. The molecular formula is C37H28F6O2P2. The van der Waals surface area contributed by atoms with Gasteiger partial charge in [-0.05, 0) is 77.4 Å². The van der Waals surface area contributed by atoms with Crippen molar-refractivity contribution in [3.05, 3.63) is 138 Å². The van der Waals surface area contributed by atoms with Crippen molar-refractivity contribution in [2.24, 2.45) is 0 Å². The first-order valence-electron chi connectivity index (χ1n) is 14.6. The van der Waals surface area contributed by atoms with Crippen LogP contribution in [0.2, 0.25) is 0 Å². The summed E-state index contributed by atoms with van der Waals surface area (Å²) in [5, 5.41) is 3.71. The summed E-state index contributed by atoms with van der Waals surface area (Å²) in [6.07, 6.45) is -8.85. The molecule has 0 bridgehead atoms. The minimum atomic E-state index is -4.43. The van der Waals surface area contributed by atoms with Crippen LogP contribution in [0.25, 0.3) is 32.7 Å². The third kappa shape index (κ3) is 7.10. The average molecular weight is 681 g/mol. The lowest BCUT2D eigenvalue weighted by Gasteiger charge is -2.27. The first kappa shape index (κ1) is 32.8. The van der Waals surface area contributed by atoms with Gasteiger partial charge >= 0.3 is 12.4 Å². The van der Waals surface area contributed by atoms with Crippen molar-refractivity contribution in [3.8, 4) is 22.6 Å². The van der Waals surface area contributed by atoms with E-state index in [1.54, 1.807) is 0 Å². The van der Waals surface area contributed by atoms with E-state index in [2.05, 4.69) is 0 Å². The Kier molecular flexibility index (Phi) is 8.95. The van der Waals surface area contributed by atoms with E-state index in [0.717, 1.165) is 56.9 Å². The van der Waals surface area contributed by atoms with Gasteiger partial charge in [-0.1, -0.05) is 84.9 Å². The van der Waals surface area contributed by atoms with Gasteiger partial charge in [-0.15, -0.1) is 0 Å². The van der Waals surface area contributed by atoms with Gasteiger partial charge in [0.15, 0.2) is 0 Å². The summed E-state index contributed by atoms with van der Waals surface area (Å²) in [5.74, 6) is 1.11. The molecule has 0 radical (unpaired) electrons. The summed E-state index contributed by atoms with van der Waals surface area (Å²) < 4.78 is 91.9. The molecule has 6 aromatic rings. The van der Waals surface area contributed by atoms with Crippen molar-refractivity contribution in [1.29, 1.82) is 0 Å². The van der Waals surface area contributed by atoms with Crippen LogP contribution in [-0.4, -0.2) is 0 Å². The van der Waals surface area contributed by atoms with Crippen LogP contribution >= 0.6 is 17.6 Å². The fourth-order valence-electron chi connectivity index (χ4n) is 5.35. The Hall–Kier alpha value is -4.12. The van der Waals surface area contributed by atoms with Crippen LogP contribution in [0.3, 0.4) is 0 Å². The van der Waals surface area contributed by atoms with E-state index in [0.29, 0.717) is 22.4 Å². The zero-order valence-electron chi connectivity index (χ0n) is 25.1. The van der Waals surface area contributed by atoms with E-state index in [4.69, 9.17) is 9.05 Å². The predicted molar refractivity (Wildman–Crippen MR) is 180 cm³/mol. The predicted octanol–water partition coefficient (Wildman–Crippen LogP) is 11.9. The summed E-state index contributed by atoms with van der Waals surface area (Å²) in [4.78, 5) is 0. The maximum absolute atomic E-state index is 13.2. The minimum absolute atomic E-state index is 0.157. The zero-order chi connectivity index (χ0) is 33.4. The molecule has 6 aromatic carbocycles. The maximum atomic E-state index is 13.2. The molecular weight excluding hydrogens is 652 g/mol. The summed E-state index contributed by atoms with van der Waals surface area (Å²) in [6.45, 7) is 3.85. The first-order chi connectivity index (χ1) is 22.3. The summed E-state index contributed by atoms with van der Waals surface area (Å²) in [6, 6.07) is 33.4. The van der Waals surface area contributed by atoms with E-state index in [1.807, 2.05) is 86.6 Å². The smallest absolute Gasteiger partial charge is 0.416 e. The van der Waals surface area contributed by atoms with Gasteiger partial charge in [-0.25, -0.2) is 0 Å². The normalized spacial score (nSPS) is 12.9. The second-order valence-corrected chi connectivity index (χ2v) is 14.1. The van der Waals surface area contributed by atoms with Crippen molar-refractivity contribution in [3.63, 3.8) is 0 Å². The summed E-state index contributed by atoms with van der Waals surface area (Å²) in [5.41, 5.74) is 0.820. The SMILES string of the molecule is CC(C)(POc1ccc2ccccc2c1-c1c(OPc2ccc(C(F)(F)F)cc2)ccc2ccccc12)c1ccc(C(F)(F)F)cc1. The van der Waals surface area contributed by atoms with Crippen LogP contribution in [0.5, 0.6) is 11.5 Å². The fraction of sp³-hybridized carbons (Fsp3) is 0.135. The molecule has 10 heteroatoms. The van der Waals surface area contributed by atoms with E-state index >= 15 is 0 Å². The Morgan fingerprint density at radius 2 is 0.894 bits per heavy atom. The van der Waals surface area contributed by atoms with Crippen LogP contribution in [0.15, 0.2) is 121 Å². The van der Waals surface area contributed by atoms with E-state index < -0.39 is 28.6 Å².